The maximum Gasteiger partial charge on any atom is 0.250 e. The zero-order valence-corrected chi connectivity index (χ0v) is 16.1. The summed E-state index contributed by atoms with van der Waals surface area (Å²) in [4.78, 5) is 37.9. The molecule has 2 unspecified atom stereocenters. The number of rotatable bonds is 6. The summed E-state index contributed by atoms with van der Waals surface area (Å²) >= 11 is 3.38. The van der Waals surface area contributed by atoms with Crippen LogP contribution in [-0.4, -0.2) is 40.7 Å². The Hall–Kier alpha value is -2.45. The number of aromatic nitrogens is 1. The molecule has 2 aromatic rings. The number of amides is 2. The highest BCUT2D eigenvalue weighted by Crippen LogP contribution is 2.27. The molecule has 1 fully saturated rings. The highest BCUT2D eigenvalue weighted by atomic mass is 79.9. The highest BCUT2D eigenvalue weighted by Gasteiger charge is 2.35. The lowest BCUT2D eigenvalue weighted by molar-refractivity contribution is -0.126. The number of nitrogens with zero attached hydrogens (tertiary/aromatic N) is 2. The molecule has 0 bridgehead atoms. The van der Waals surface area contributed by atoms with Crippen molar-refractivity contribution in [2.24, 2.45) is 5.92 Å². The quantitative estimate of drug-likeness (QED) is 0.714. The van der Waals surface area contributed by atoms with Crippen LogP contribution < -0.4 is 15.8 Å². The van der Waals surface area contributed by atoms with Crippen molar-refractivity contribution >= 4 is 33.4 Å². The minimum Gasteiger partial charge on any atom is -0.389 e. The Morgan fingerprint density at radius 3 is 2.81 bits per heavy atom. The van der Waals surface area contributed by atoms with Gasteiger partial charge < -0.3 is 19.9 Å². The van der Waals surface area contributed by atoms with E-state index in [1.807, 2.05) is 24.3 Å². The largest absolute Gasteiger partial charge is 0.389 e. The number of aliphatic hydroxyl groups is 1. The van der Waals surface area contributed by atoms with Crippen LogP contribution in [0.3, 0.4) is 0 Å². The number of hydrogen-bond donors (Lipinski definition) is 2. The van der Waals surface area contributed by atoms with Crippen molar-refractivity contribution in [3.8, 4) is 0 Å². The maximum atomic E-state index is 12.4. The predicted molar refractivity (Wildman–Crippen MR) is 104 cm³/mol. The van der Waals surface area contributed by atoms with Crippen molar-refractivity contribution in [2.75, 3.05) is 18.0 Å². The fourth-order valence-electron chi connectivity index (χ4n) is 3.04. The normalized spacial score (nSPS) is 17.8. The average molecular weight is 434 g/mol. The second-order valence-corrected chi connectivity index (χ2v) is 7.39. The third-order valence-electron chi connectivity index (χ3n) is 4.43. The zero-order chi connectivity index (χ0) is 19.4. The van der Waals surface area contributed by atoms with Gasteiger partial charge in [0.2, 0.25) is 11.8 Å². The first kappa shape index (κ1) is 19.3. The number of carbonyl (C=O) groups is 2. The number of halogens is 1. The number of hydrogen-bond acceptors (Lipinski definition) is 4. The van der Waals surface area contributed by atoms with Gasteiger partial charge in [-0.25, -0.2) is 0 Å². The number of nitrogens with one attached hydrogen (secondary N) is 1. The summed E-state index contributed by atoms with van der Waals surface area (Å²) in [6.45, 7) is 0.408. The van der Waals surface area contributed by atoms with Crippen LogP contribution in [0.5, 0.6) is 0 Å². The Morgan fingerprint density at radius 2 is 2.07 bits per heavy atom. The second kappa shape index (κ2) is 8.49. The lowest BCUT2D eigenvalue weighted by Crippen LogP contribution is -2.39. The standard InChI is InChI=1S/C19H20BrN3O4/c20-14-4-3-5-15(9-14)23-11-13(8-18(23)26)19(27)21-10-16(24)12-22-7-2-1-6-17(22)25/h1-7,9,13,16,24H,8,10-12H2,(H,21,27). The summed E-state index contributed by atoms with van der Waals surface area (Å²) in [6, 6.07) is 12.1. The van der Waals surface area contributed by atoms with Gasteiger partial charge in [-0.2, -0.15) is 0 Å². The van der Waals surface area contributed by atoms with E-state index >= 15 is 0 Å². The molecule has 1 aliphatic heterocycles. The van der Waals surface area contributed by atoms with Crippen LogP contribution in [0.4, 0.5) is 5.69 Å². The molecule has 27 heavy (non-hydrogen) atoms. The molecule has 7 nitrogen and oxygen atoms in total. The van der Waals surface area contributed by atoms with E-state index in [-0.39, 0.29) is 36.9 Å². The lowest BCUT2D eigenvalue weighted by Gasteiger charge is -2.18. The van der Waals surface area contributed by atoms with Crippen LogP contribution in [0.2, 0.25) is 0 Å². The fraction of sp³-hybridized carbons (Fsp3) is 0.316. The van der Waals surface area contributed by atoms with Crippen molar-refractivity contribution in [2.45, 2.75) is 19.1 Å². The van der Waals surface area contributed by atoms with Crippen LogP contribution >= 0.6 is 15.9 Å². The maximum absolute atomic E-state index is 12.4. The van der Waals surface area contributed by atoms with E-state index < -0.39 is 12.0 Å². The van der Waals surface area contributed by atoms with Gasteiger partial charge in [-0.1, -0.05) is 28.1 Å². The Morgan fingerprint density at radius 1 is 1.26 bits per heavy atom. The van der Waals surface area contributed by atoms with Crippen molar-refractivity contribution in [3.63, 3.8) is 0 Å². The molecule has 0 aliphatic carbocycles. The van der Waals surface area contributed by atoms with Gasteiger partial charge in [0.05, 0.1) is 18.6 Å². The summed E-state index contributed by atoms with van der Waals surface area (Å²) in [7, 11) is 0. The predicted octanol–water partition coefficient (Wildman–Crippen LogP) is 1.14. The number of benzene rings is 1. The third-order valence-corrected chi connectivity index (χ3v) is 4.93. The summed E-state index contributed by atoms with van der Waals surface area (Å²) in [5.74, 6) is -0.854. The van der Waals surface area contributed by atoms with Gasteiger partial charge in [0.25, 0.3) is 5.56 Å². The highest BCUT2D eigenvalue weighted by molar-refractivity contribution is 9.10. The molecular weight excluding hydrogens is 414 g/mol. The topological polar surface area (TPSA) is 91.6 Å². The van der Waals surface area contributed by atoms with Crippen molar-refractivity contribution in [1.82, 2.24) is 9.88 Å². The molecule has 0 saturated carbocycles. The van der Waals surface area contributed by atoms with Gasteiger partial charge in [-0.3, -0.25) is 14.4 Å². The summed E-state index contributed by atoms with van der Waals surface area (Å²) in [5, 5.41) is 12.7. The molecule has 1 aliphatic rings. The monoisotopic (exact) mass is 433 g/mol. The second-order valence-electron chi connectivity index (χ2n) is 6.48. The zero-order valence-electron chi connectivity index (χ0n) is 14.5. The van der Waals surface area contributed by atoms with E-state index in [9.17, 15) is 19.5 Å². The van der Waals surface area contributed by atoms with Crippen molar-refractivity contribution in [3.05, 3.63) is 63.5 Å². The molecule has 1 aromatic carbocycles. The Kier molecular flexibility index (Phi) is 6.08. The lowest BCUT2D eigenvalue weighted by atomic mass is 10.1. The molecule has 0 spiro atoms. The van der Waals surface area contributed by atoms with Crippen LogP contribution in [0.15, 0.2) is 57.9 Å². The molecule has 0 radical (unpaired) electrons. The summed E-state index contributed by atoms with van der Waals surface area (Å²) in [5.41, 5.74) is 0.530. The van der Waals surface area contributed by atoms with Crippen molar-refractivity contribution in [1.29, 1.82) is 0 Å². The Balaban J connectivity index is 1.53. The third kappa shape index (κ3) is 4.84. The number of aliphatic hydroxyl groups excluding tert-OH is 1. The molecule has 142 valence electrons. The summed E-state index contributed by atoms with van der Waals surface area (Å²) in [6.07, 6.45) is 0.818. The van der Waals surface area contributed by atoms with E-state index in [0.29, 0.717) is 6.54 Å². The molecular formula is C19H20BrN3O4. The van der Waals surface area contributed by atoms with E-state index in [0.717, 1.165) is 10.2 Å². The smallest absolute Gasteiger partial charge is 0.250 e. The molecule has 1 aromatic heterocycles. The molecule has 3 rings (SSSR count). The minimum absolute atomic E-state index is 0.0156. The van der Waals surface area contributed by atoms with Gasteiger partial charge in [-0.15, -0.1) is 0 Å². The minimum atomic E-state index is -0.896. The van der Waals surface area contributed by atoms with Gasteiger partial charge in [0.15, 0.2) is 0 Å². The van der Waals surface area contributed by atoms with E-state index in [4.69, 9.17) is 0 Å². The van der Waals surface area contributed by atoms with Crippen LogP contribution in [0, 0.1) is 5.92 Å². The first-order valence-corrected chi connectivity index (χ1v) is 9.40. The van der Waals surface area contributed by atoms with E-state index in [1.54, 1.807) is 23.2 Å². The van der Waals surface area contributed by atoms with Crippen LogP contribution in [-0.2, 0) is 16.1 Å². The molecule has 2 atom stereocenters. The molecule has 2 amide bonds. The fourth-order valence-corrected chi connectivity index (χ4v) is 3.43. The molecule has 2 N–H and O–H groups in total. The van der Waals surface area contributed by atoms with Gasteiger partial charge >= 0.3 is 0 Å². The molecule has 1 saturated heterocycles. The molecule has 2 heterocycles. The number of anilines is 1. The van der Waals surface area contributed by atoms with Gasteiger partial charge in [0.1, 0.15) is 0 Å². The SMILES string of the molecule is O=C(NCC(O)Cn1ccccc1=O)C1CC(=O)N(c2cccc(Br)c2)C1. The van der Waals surface area contributed by atoms with E-state index in [1.165, 1.54) is 10.6 Å². The first-order chi connectivity index (χ1) is 12.9. The first-order valence-electron chi connectivity index (χ1n) is 8.61. The Labute approximate surface area is 164 Å². The number of carbonyl (C=O) groups excluding carboxylic acids is 2. The summed E-state index contributed by atoms with van der Waals surface area (Å²) < 4.78 is 2.24. The average Bonchev–Trinajstić information content (AvgIpc) is 3.03. The van der Waals surface area contributed by atoms with E-state index in [2.05, 4.69) is 21.2 Å². The molecule has 8 heteroatoms. The van der Waals surface area contributed by atoms with Crippen LogP contribution in [0.1, 0.15) is 6.42 Å². The van der Waals surface area contributed by atoms with Gasteiger partial charge in [0, 0.05) is 41.9 Å². The Bertz CT molecular complexity index is 898. The van der Waals surface area contributed by atoms with Gasteiger partial charge in [-0.05, 0) is 24.3 Å². The van der Waals surface area contributed by atoms with Crippen molar-refractivity contribution < 1.29 is 14.7 Å². The number of pyridine rings is 1. The van der Waals surface area contributed by atoms with Crippen LogP contribution in [0.25, 0.3) is 0 Å².